The number of nitrogens with one attached hydrogen (secondary N) is 2. The molecule has 0 aromatic carbocycles. The quantitative estimate of drug-likeness (QED) is 0.479. The van der Waals surface area contributed by atoms with Gasteiger partial charge in [0.15, 0.2) is 0 Å². The van der Waals surface area contributed by atoms with Gasteiger partial charge in [-0.1, -0.05) is 19.1 Å². The Labute approximate surface area is 71.5 Å². The molecule has 0 spiro atoms. The van der Waals surface area contributed by atoms with Crippen LogP contribution in [-0.2, 0) is 10.2 Å². The van der Waals surface area contributed by atoms with Crippen LogP contribution in [0.2, 0.25) is 0 Å². The molecule has 0 aliphatic carbocycles. The van der Waals surface area contributed by atoms with Gasteiger partial charge in [0.25, 0.3) is 10.2 Å². The van der Waals surface area contributed by atoms with Gasteiger partial charge in [0.2, 0.25) is 0 Å². The lowest BCUT2D eigenvalue weighted by atomic mass is 10.7. The second-order valence-electron chi connectivity index (χ2n) is 1.79. The van der Waals surface area contributed by atoms with E-state index in [1.807, 2.05) is 0 Å². The number of hydrogen-bond donors (Lipinski definition) is 3. The van der Waals surface area contributed by atoms with Gasteiger partial charge in [0.1, 0.15) is 0 Å². The van der Waals surface area contributed by atoms with Crippen molar-refractivity contribution in [3.8, 4) is 0 Å². The van der Waals surface area contributed by atoms with Gasteiger partial charge in [0.05, 0.1) is 11.5 Å². The summed E-state index contributed by atoms with van der Waals surface area (Å²) < 4.78 is 26.0. The molecule has 0 atom stereocenters. The minimum absolute atomic E-state index is 0.00926. The Morgan fingerprint density at radius 3 is 2.45 bits per heavy atom. The van der Waals surface area contributed by atoms with Crippen molar-refractivity contribution in [1.82, 2.24) is 9.44 Å². The molecule has 0 saturated carbocycles. The van der Waals surface area contributed by atoms with Crippen molar-refractivity contribution in [1.29, 1.82) is 0 Å². The lowest BCUT2D eigenvalue weighted by molar-refractivity contribution is 0.573. The fourth-order valence-electron chi connectivity index (χ4n) is 0.407. The molecule has 0 fully saturated rings. The highest BCUT2D eigenvalue weighted by Crippen LogP contribution is 1.74. The van der Waals surface area contributed by atoms with Gasteiger partial charge >= 0.3 is 0 Å². The first-order valence-corrected chi connectivity index (χ1v) is 4.89. The lowest BCUT2D eigenvalue weighted by Crippen LogP contribution is -2.40. The molecule has 0 aromatic rings. The molecule has 0 unspecified atom stereocenters. The number of hydrogen-bond acceptors (Lipinski definition) is 3. The molecular weight excluding hydrogens is 186 g/mol. The third-order valence-corrected chi connectivity index (χ3v) is 2.11. The van der Waals surface area contributed by atoms with E-state index < -0.39 is 10.2 Å². The van der Waals surface area contributed by atoms with Gasteiger partial charge in [0, 0.05) is 6.54 Å². The van der Waals surface area contributed by atoms with Crippen LogP contribution in [0.1, 0.15) is 6.92 Å². The summed E-state index contributed by atoms with van der Waals surface area (Å²) in [6.45, 7) is 2.01. The van der Waals surface area contributed by atoms with Crippen molar-refractivity contribution < 1.29 is 8.42 Å². The summed E-state index contributed by atoms with van der Waals surface area (Å²) in [6.07, 6.45) is 0. The molecule has 0 aliphatic rings. The predicted molar refractivity (Wildman–Crippen MR) is 47.4 cm³/mol. The molecule has 0 rings (SSSR count). The highest BCUT2D eigenvalue weighted by atomic mass is 32.2. The maximum atomic E-state index is 10.8. The molecule has 0 aliphatic heterocycles. The normalized spacial score (nSPS) is 11.4. The molecule has 0 heterocycles. The van der Waals surface area contributed by atoms with E-state index in [0.29, 0.717) is 6.54 Å². The summed E-state index contributed by atoms with van der Waals surface area (Å²) >= 11 is 4.47. The standard InChI is InChI=1S/C4H11N3O2S2/c1-2-6-11(8,9)7-3-4(5)10/h6-7H,2-3H2,1H3,(H2,5,10). The molecular formula is C4H11N3O2S2. The van der Waals surface area contributed by atoms with Gasteiger partial charge in [-0.05, 0) is 0 Å². The molecule has 7 heteroatoms. The monoisotopic (exact) mass is 197 g/mol. The van der Waals surface area contributed by atoms with Crippen molar-refractivity contribution >= 4 is 27.4 Å². The average molecular weight is 197 g/mol. The van der Waals surface area contributed by atoms with Crippen LogP contribution in [-0.4, -0.2) is 26.5 Å². The Morgan fingerprint density at radius 2 is 2.09 bits per heavy atom. The van der Waals surface area contributed by atoms with E-state index in [1.165, 1.54) is 0 Å². The maximum absolute atomic E-state index is 10.8. The Hall–Kier alpha value is -0.240. The van der Waals surface area contributed by atoms with E-state index >= 15 is 0 Å². The Balaban J connectivity index is 3.84. The zero-order chi connectivity index (χ0) is 8.91. The zero-order valence-corrected chi connectivity index (χ0v) is 7.76. The van der Waals surface area contributed by atoms with E-state index in [1.54, 1.807) is 6.92 Å². The van der Waals surface area contributed by atoms with Crippen LogP contribution in [0.5, 0.6) is 0 Å². The highest BCUT2D eigenvalue weighted by Gasteiger charge is 2.05. The van der Waals surface area contributed by atoms with Crippen LogP contribution in [0, 0.1) is 0 Å². The molecule has 66 valence electrons. The van der Waals surface area contributed by atoms with Crippen LogP contribution in [0.3, 0.4) is 0 Å². The number of nitrogens with two attached hydrogens (primary N) is 1. The first-order chi connectivity index (χ1) is 4.98. The minimum Gasteiger partial charge on any atom is -0.392 e. The topological polar surface area (TPSA) is 84.2 Å². The van der Waals surface area contributed by atoms with Crippen molar-refractivity contribution in [2.45, 2.75) is 6.92 Å². The second-order valence-corrected chi connectivity index (χ2v) is 3.90. The predicted octanol–water partition coefficient (Wildman–Crippen LogP) is -1.28. The molecule has 5 nitrogen and oxygen atoms in total. The molecule has 0 radical (unpaired) electrons. The fourth-order valence-corrected chi connectivity index (χ4v) is 1.40. The summed E-state index contributed by atoms with van der Waals surface area (Å²) in [5.41, 5.74) is 5.07. The van der Waals surface area contributed by atoms with Gasteiger partial charge < -0.3 is 5.73 Å². The Bertz CT molecular complexity index is 223. The number of rotatable bonds is 5. The summed E-state index contributed by atoms with van der Waals surface area (Å²) in [5, 5.41) is 0. The summed E-state index contributed by atoms with van der Waals surface area (Å²) in [4.78, 5) is 0.117. The highest BCUT2D eigenvalue weighted by molar-refractivity contribution is 7.87. The van der Waals surface area contributed by atoms with E-state index in [2.05, 4.69) is 21.7 Å². The summed E-state index contributed by atoms with van der Waals surface area (Å²) in [7, 11) is -3.39. The van der Waals surface area contributed by atoms with Crippen molar-refractivity contribution in [2.75, 3.05) is 13.1 Å². The van der Waals surface area contributed by atoms with E-state index in [-0.39, 0.29) is 11.5 Å². The third-order valence-electron chi connectivity index (χ3n) is 0.771. The van der Waals surface area contributed by atoms with Crippen molar-refractivity contribution in [2.24, 2.45) is 5.73 Å². The second kappa shape index (κ2) is 4.60. The first-order valence-electron chi connectivity index (χ1n) is 3.00. The third kappa shape index (κ3) is 6.17. The maximum Gasteiger partial charge on any atom is 0.277 e. The Morgan fingerprint density at radius 1 is 1.55 bits per heavy atom. The summed E-state index contributed by atoms with van der Waals surface area (Å²) in [5.74, 6) is 0. The van der Waals surface area contributed by atoms with Gasteiger partial charge in [-0.3, -0.25) is 0 Å². The zero-order valence-electron chi connectivity index (χ0n) is 6.12. The van der Waals surface area contributed by atoms with E-state index in [0.717, 1.165) is 0 Å². The molecule has 0 aromatic heterocycles. The smallest absolute Gasteiger partial charge is 0.277 e. The molecule has 0 amide bonds. The molecule has 0 bridgehead atoms. The fraction of sp³-hybridized carbons (Fsp3) is 0.750. The largest absolute Gasteiger partial charge is 0.392 e. The molecule has 4 N–H and O–H groups in total. The van der Waals surface area contributed by atoms with Crippen molar-refractivity contribution in [3.05, 3.63) is 0 Å². The number of thiocarbonyl (C=S) groups is 1. The van der Waals surface area contributed by atoms with Crippen LogP contribution >= 0.6 is 12.2 Å². The van der Waals surface area contributed by atoms with E-state index in [4.69, 9.17) is 5.73 Å². The molecule has 11 heavy (non-hydrogen) atoms. The van der Waals surface area contributed by atoms with Crippen LogP contribution in [0.25, 0.3) is 0 Å². The van der Waals surface area contributed by atoms with Crippen LogP contribution in [0.4, 0.5) is 0 Å². The van der Waals surface area contributed by atoms with Gasteiger partial charge in [-0.15, -0.1) is 0 Å². The first kappa shape index (κ1) is 10.8. The molecule has 0 saturated heterocycles. The SMILES string of the molecule is CCNS(=O)(=O)NCC(N)=S. The Kier molecular flexibility index (Phi) is 4.50. The minimum atomic E-state index is -3.39. The van der Waals surface area contributed by atoms with Crippen LogP contribution < -0.4 is 15.2 Å². The van der Waals surface area contributed by atoms with E-state index in [9.17, 15) is 8.42 Å². The van der Waals surface area contributed by atoms with Gasteiger partial charge in [-0.25, -0.2) is 4.72 Å². The lowest BCUT2D eigenvalue weighted by Gasteiger charge is -2.04. The average Bonchev–Trinajstić information content (AvgIpc) is 1.84. The van der Waals surface area contributed by atoms with Gasteiger partial charge in [-0.2, -0.15) is 13.1 Å². The summed E-state index contributed by atoms with van der Waals surface area (Å²) in [6, 6.07) is 0. The van der Waals surface area contributed by atoms with Crippen LogP contribution in [0.15, 0.2) is 0 Å². The van der Waals surface area contributed by atoms with Crippen molar-refractivity contribution in [3.63, 3.8) is 0 Å².